The van der Waals surface area contributed by atoms with Crippen LogP contribution < -0.4 is 26.6 Å². The predicted octanol–water partition coefficient (Wildman–Crippen LogP) is 11.9. The molecule has 117 heavy (non-hydrogen) atoms. The van der Waals surface area contributed by atoms with Crippen LogP contribution in [-0.2, 0) is 43.1 Å². The fourth-order valence-electron chi connectivity index (χ4n) is 13.4. The first kappa shape index (κ1) is 88.4. The van der Waals surface area contributed by atoms with Crippen molar-refractivity contribution in [3.05, 3.63) is 190 Å². The van der Waals surface area contributed by atoms with Crippen molar-refractivity contribution < 1.29 is 81.4 Å². The smallest absolute Gasteiger partial charge is 0.262 e. The lowest BCUT2D eigenvalue weighted by atomic mass is 9.92. The summed E-state index contributed by atoms with van der Waals surface area (Å²) in [4.78, 5) is 200. The number of piperidine rings is 4. The fraction of sp³-hybridized carbons (Fsp3) is 0.363. The van der Waals surface area contributed by atoms with Crippen LogP contribution in [0.3, 0.4) is 0 Å². The van der Waals surface area contributed by atoms with Gasteiger partial charge < -0.3 is 10.1 Å². The van der Waals surface area contributed by atoms with Gasteiger partial charge in [-0.3, -0.25) is 118 Å². The lowest BCUT2D eigenvalue weighted by Gasteiger charge is -2.34. The van der Waals surface area contributed by atoms with E-state index in [-0.39, 0.29) is 86.0 Å². The molecule has 8 aliphatic heterocycles. The van der Waals surface area contributed by atoms with E-state index >= 15 is 0 Å². The molecule has 4 unspecified atom stereocenters. The van der Waals surface area contributed by atoms with Gasteiger partial charge in [-0.2, -0.15) is 0 Å². The van der Waals surface area contributed by atoms with E-state index in [0.717, 1.165) is 41.1 Å². The van der Waals surface area contributed by atoms with Crippen LogP contribution in [-0.4, -0.2) is 164 Å². The van der Waals surface area contributed by atoms with E-state index in [1.54, 1.807) is 104 Å². The van der Waals surface area contributed by atoms with Crippen LogP contribution in [0.4, 0.5) is 0 Å². The third-order valence-corrected chi connectivity index (χ3v) is 20.2. The Hall–Kier alpha value is -12.6. The molecule has 0 aliphatic carbocycles. The van der Waals surface area contributed by atoms with Gasteiger partial charge in [0.1, 0.15) is 24.2 Å². The molecule has 26 heteroatoms. The summed E-state index contributed by atoms with van der Waals surface area (Å²) >= 11 is 0. The highest BCUT2D eigenvalue weighted by atomic mass is 16.5. The number of amides is 16. The summed E-state index contributed by atoms with van der Waals surface area (Å²) in [6.07, 6.45) is 2.32. The fourth-order valence-corrected chi connectivity index (χ4v) is 13.4. The molecule has 4 atom stereocenters. The van der Waals surface area contributed by atoms with Gasteiger partial charge in [0, 0.05) is 110 Å². The molecule has 0 aromatic heterocycles. The largest absolute Gasteiger partial charge is 0.379 e. The van der Waals surface area contributed by atoms with E-state index in [0.29, 0.717) is 77.0 Å². The van der Waals surface area contributed by atoms with Crippen LogP contribution in [0.2, 0.25) is 0 Å². The van der Waals surface area contributed by atoms with Crippen LogP contribution >= 0.6 is 0 Å². The van der Waals surface area contributed by atoms with Gasteiger partial charge in [-0.15, -0.1) is 5.92 Å². The van der Waals surface area contributed by atoms with Crippen LogP contribution in [0.5, 0.6) is 0 Å². The maximum atomic E-state index is 12.8. The Labute approximate surface area is 678 Å². The molecule has 8 aromatic carbocycles. The topological polar surface area (TPSA) is 355 Å². The van der Waals surface area contributed by atoms with Crippen molar-refractivity contribution in [1.29, 1.82) is 0 Å². The normalized spacial score (nSPS) is 18.8. The maximum Gasteiger partial charge on any atom is 0.262 e. The second-order valence-electron chi connectivity index (χ2n) is 33.0. The first-order chi connectivity index (χ1) is 55.0. The first-order valence-electron chi connectivity index (χ1n) is 38.7. The number of rotatable bonds is 4. The standard InChI is InChI=1S/4C17H12N2O4.C7H12.C6H14.C5H13N.C5H12O/c4*20-13-8-7-12(15(21)18-13)19-16(22)10-5-1-3-9-4-2-6-11(14(9)10)17(19)23;1-5-6-7(2,3)4;1-5-6(2,3)4;2*1-5(2,3)6-4/h4*1-6,12H,7-8H2,(H,18,20,21);1-4H3;5H2,1-4H3;6H,1-4H3;1-4H3. The molecule has 0 bridgehead atoms. The highest BCUT2D eigenvalue weighted by Crippen LogP contribution is 2.37. The Morgan fingerprint density at radius 1 is 0.350 bits per heavy atom. The van der Waals surface area contributed by atoms with Gasteiger partial charge >= 0.3 is 0 Å². The van der Waals surface area contributed by atoms with Gasteiger partial charge in [0.15, 0.2) is 0 Å². The van der Waals surface area contributed by atoms with Crippen molar-refractivity contribution >= 4 is 138 Å². The summed E-state index contributed by atoms with van der Waals surface area (Å²) in [7, 11) is 3.67. The van der Waals surface area contributed by atoms with Crippen LogP contribution in [0.1, 0.15) is 238 Å². The maximum absolute atomic E-state index is 12.8. The van der Waals surface area contributed by atoms with Crippen molar-refractivity contribution in [1.82, 2.24) is 46.2 Å². The van der Waals surface area contributed by atoms with E-state index in [1.807, 2.05) is 83.3 Å². The minimum absolute atomic E-state index is 0.0417. The van der Waals surface area contributed by atoms with E-state index in [1.165, 1.54) is 6.42 Å². The molecular formula is C91H99N9O17. The van der Waals surface area contributed by atoms with E-state index in [2.05, 4.69) is 108 Å². The lowest BCUT2D eigenvalue weighted by Crippen LogP contribution is -2.57. The van der Waals surface area contributed by atoms with Crippen molar-refractivity contribution in [2.45, 2.75) is 190 Å². The monoisotopic (exact) mass is 1590 g/mol. The van der Waals surface area contributed by atoms with Crippen LogP contribution in [0.25, 0.3) is 43.1 Å². The summed E-state index contributed by atoms with van der Waals surface area (Å²) < 4.78 is 4.94. The van der Waals surface area contributed by atoms with Gasteiger partial charge in [0.2, 0.25) is 47.3 Å². The molecule has 4 saturated heterocycles. The highest BCUT2D eigenvalue weighted by molar-refractivity contribution is 6.30. The Morgan fingerprint density at radius 3 is 0.632 bits per heavy atom. The molecule has 4 fully saturated rings. The zero-order valence-electron chi connectivity index (χ0n) is 68.8. The molecule has 26 nitrogen and oxygen atoms in total. The van der Waals surface area contributed by atoms with E-state index in [9.17, 15) is 76.7 Å². The number of nitrogens with zero attached hydrogens (tertiary/aromatic N) is 4. The van der Waals surface area contributed by atoms with Crippen LogP contribution in [0, 0.1) is 22.7 Å². The van der Waals surface area contributed by atoms with E-state index < -0.39 is 95.1 Å². The minimum atomic E-state index is -0.948. The SMILES string of the molecule is CC#CC(C)(C)C.CCC(C)(C)C.CNC(C)(C)C.COC(C)(C)C.O=C1CCC(N2C(=O)c3cccc4cccc(c34)C2=O)C(=O)N1.O=C1CCC(N2C(=O)c3cccc4cccc(c34)C2=O)C(=O)N1.O=C1CCC(N2C(=O)c3cccc4cccc(c34)C2=O)C(=O)N1.O=C1CCC(N2C(=O)c3cccc4cccc(c34)C2=O)C(=O)N1. The third-order valence-electron chi connectivity index (χ3n) is 20.2. The van der Waals surface area contributed by atoms with Gasteiger partial charge in [0.25, 0.3) is 47.3 Å². The number of imide groups is 8. The van der Waals surface area contributed by atoms with Gasteiger partial charge in [-0.05, 0) is 177 Å². The molecule has 16 rings (SSSR count). The highest BCUT2D eigenvalue weighted by Gasteiger charge is 2.47. The van der Waals surface area contributed by atoms with Crippen molar-refractivity contribution in [3.8, 4) is 11.8 Å². The molecule has 0 spiro atoms. The summed E-state index contributed by atoms with van der Waals surface area (Å²) in [5, 5.41) is 17.6. The van der Waals surface area contributed by atoms with Gasteiger partial charge in [-0.1, -0.05) is 137 Å². The Morgan fingerprint density at radius 2 is 0.521 bits per heavy atom. The average molecular weight is 1590 g/mol. The molecular weight excluding hydrogens is 1490 g/mol. The molecule has 5 N–H and O–H groups in total. The zero-order valence-corrected chi connectivity index (χ0v) is 68.8. The Balaban J connectivity index is 0.000000162. The first-order valence-corrected chi connectivity index (χ1v) is 38.7. The number of nitrogens with one attached hydrogen (secondary N) is 5. The molecule has 8 heterocycles. The summed E-state index contributed by atoms with van der Waals surface area (Å²) in [5.74, 6) is -1.99. The van der Waals surface area contributed by atoms with Crippen molar-refractivity contribution in [2.75, 3.05) is 14.2 Å². The predicted molar refractivity (Wildman–Crippen MR) is 441 cm³/mol. The average Bonchev–Trinajstić information content (AvgIpc) is 0.757. The molecule has 16 amide bonds. The summed E-state index contributed by atoms with van der Waals surface area (Å²) in [6.45, 7) is 29.6. The summed E-state index contributed by atoms with van der Waals surface area (Å²) in [6, 6.07) is 38.1. The van der Waals surface area contributed by atoms with E-state index in [4.69, 9.17) is 4.74 Å². The number of carbonyl (C=O) groups is 16. The number of carbonyl (C=O) groups excluding carboxylic acids is 16. The Bertz CT molecular complexity index is 4640. The van der Waals surface area contributed by atoms with Crippen molar-refractivity contribution in [3.63, 3.8) is 0 Å². The van der Waals surface area contributed by atoms with Crippen LogP contribution in [0.15, 0.2) is 146 Å². The number of ether oxygens (including phenoxy) is 1. The number of methoxy groups -OCH3 is 1. The second kappa shape index (κ2) is 36.5. The quantitative estimate of drug-likeness (QED) is 0.0807. The third kappa shape index (κ3) is 20.4. The molecule has 610 valence electrons. The second-order valence-corrected chi connectivity index (χ2v) is 33.0. The Kier molecular flexibility index (Phi) is 27.5. The van der Waals surface area contributed by atoms with Crippen molar-refractivity contribution in [2.24, 2.45) is 10.8 Å². The lowest BCUT2D eigenvalue weighted by molar-refractivity contribution is -0.137. The van der Waals surface area contributed by atoms with Gasteiger partial charge in [0.05, 0.1) is 5.60 Å². The number of hydrogen-bond donors (Lipinski definition) is 5. The molecule has 0 radical (unpaired) electrons. The summed E-state index contributed by atoms with van der Waals surface area (Å²) in [5.41, 5.74) is 4.30. The minimum Gasteiger partial charge on any atom is -0.379 e. The molecule has 0 saturated carbocycles. The van der Waals surface area contributed by atoms with Gasteiger partial charge in [-0.25, -0.2) is 0 Å². The molecule has 8 aliphatic rings. The number of hydrogen-bond acceptors (Lipinski definition) is 18. The zero-order chi connectivity index (χ0) is 86.1. The number of benzene rings is 8. The molecule has 8 aromatic rings.